The van der Waals surface area contributed by atoms with Crippen LogP contribution >= 0.6 is 0 Å². The molecule has 1 heterocycles. The van der Waals surface area contributed by atoms with Crippen molar-refractivity contribution in [3.8, 4) is 11.4 Å². The molecule has 0 unspecified atom stereocenters. The van der Waals surface area contributed by atoms with Gasteiger partial charge in [0.2, 0.25) is 0 Å². The Hall–Kier alpha value is -4.13. The number of primary amides is 1. The number of aromatic nitrogens is 2. The largest absolute Gasteiger partial charge is 0.352 e. The molecule has 0 bridgehead atoms. The Balaban J connectivity index is 1.43. The quantitative estimate of drug-likeness (QED) is 0.420. The molecule has 0 radical (unpaired) electrons. The van der Waals surface area contributed by atoms with Crippen molar-refractivity contribution in [1.82, 2.24) is 15.3 Å². The first kappa shape index (κ1) is 18.2. The van der Waals surface area contributed by atoms with Gasteiger partial charge in [0.15, 0.2) is 0 Å². The van der Waals surface area contributed by atoms with Crippen LogP contribution in [0, 0.1) is 0 Å². The molecule has 0 aliphatic carbocycles. The number of nitrogens with one attached hydrogen (secondary N) is 3. The van der Waals surface area contributed by atoms with Gasteiger partial charge in [0.1, 0.15) is 5.82 Å². The Bertz CT molecular complexity index is 1130. The molecule has 3 aromatic carbocycles. The molecular formula is C22H19N5O2. The van der Waals surface area contributed by atoms with Crippen molar-refractivity contribution in [3.63, 3.8) is 0 Å². The number of hydrogen-bond donors (Lipinski definition) is 4. The number of rotatable bonds is 5. The van der Waals surface area contributed by atoms with Crippen LogP contribution in [0.25, 0.3) is 22.4 Å². The smallest absolute Gasteiger partial charge is 0.312 e. The molecule has 0 aliphatic heterocycles. The van der Waals surface area contributed by atoms with Gasteiger partial charge in [-0.15, -0.1) is 0 Å². The monoisotopic (exact) mass is 385 g/mol. The average molecular weight is 385 g/mol. The minimum Gasteiger partial charge on any atom is -0.352 e. The Morgan fingerprint density at radius 3 is 2.34 bits per heavy atom. The van der Waals surface area contributed by atoms with Crippen molar-refractivity contribution in [2.24, 2.45) is 5.73 Å². The number of benzene rings is 3. The molecule has 0 aliphatic rings. The molecule has 0 saturated heterocycles. The molecule has 0 fully saturated rings. The molecule has 144 valence electrons. The zero-order valence-corrected chi connectivity index (χ0v) is 15.5. The van der Waals surface area contributed by atoms with E-state index in [9.17, 15) is 9.59 Å². The summed E-state index contributed by atoms with van der Waals surface area (Å²) in [6.45, 7) is 0.320. The number of anilines is 1. The Morgan fingerprint density at radius 2 is 1.66 bits per heavy atom. The maximum atomic E-state index is 12.4. The highest BCUT2D eigenvalue weighted by Gasteiger charge is 2.08. The lowest BCUT2D eigenvalue weighted by atomic mass is 10.1. The van der Waals surface area contributed by atoms with E-state index in [1.54, 1.807) is 24.3 Å². The van der Waals surface area contributed by atoms with Gasteiger partial charge < -0.3 is 21.4 Å². The number of aromatic amines is 1. The Morgan fingerprint density at radius 1 is 0.931 bits per heavy atom. The summed E-state index contributed by atoms with van der Waals surface area (Å²) in [6, 6.07) is 21.7. The zero-order valence-electron chi connectivity index (χ0n) is 15.5. The molecule has 4 aromatic rings. The molecule has 0 saturated carbocycles. The van der Waals surface area contributed by atoms with Gasteiger partial charge in [-0.3, -0.25) is 4.79 Å². The van der Waals surface area contributed by atoms with E-state index in [4.69, 9.17) is 5.73 Å². The lowest BCUT2D eigenvalue weighted by Gasteiger charge is -2.07. The number of para-hydroxylation sites is 2. The predicted molar refractivity (Wildman–Crippen MR) is 112 cm³/mol. The summed E-state index contributed by atoms with van der Waals surface area (Å²) in [6.07, 6.45) is 0. The van der Waals surface area contributed by atoms with Gasteiger partial charge >= 0.3 is 6.03 Å². The molecular weight excluding hydrogens is 366 g/mol. The first-order chi connectivity index (χ1) is 14.1. The standard InChI is InChI=1S/C22H19N5O2/c23-22(29)24-13-14-5-7-16(8-6-14)21(28)25-17-11-9-15(10-12-17)20-26-18-3-1-2-4-19(18)27-20/h1-12H,13H2,(H,25,28)(H,26,27)(H3,23,24,29). The van der Waals surface area contributed by atoms with Gasteiger partial charge in [-0.2, -0.15) is 0 Å². The van der Waals surface area contributed by atoms with Gasteiger partial charge in [0, 0.05) is 23.4 Å². The third-order valence-corrected chi connectivity index (χ3v) is 4.49. The molecule has 7 heteroatoms. The molecule has 5 N–H and O–H groups in total. The number of amides is 3. The fraction of sp³-hybridized carbons (Fsp3) is 0.0455. The zero-order chi connectivity index (χ0) is 20.2. The third kappa shape index (κ3) is 4.24. The van der Waals surface area contributed by atoms with Crippen molar-refractivity contribution >= 4 is 28.7 Å². The summed E-state index contributed by atoms with van der Waals surface area (Å²) >= 11 is 0. The van der Waals surface area contributed by atoms with Crippen LogP contribution in [0.5, 0.6) is 0 Å². The van der Waals surface area contributed by atoms with Crippen molar-refractivity contribution in [2.75, 3.05) is 5.32 Å². The second-order valence-corrected chi connectivity index (χ2v) is 6.55. The summed E-state index contributed by atoms with van der Waals surface area (Å²) in [7, 11) is 0. The first-order valence-corrected chi connectivity index (χ1v) is 9.07. The van der Waals surface area contributed by atoms with Crippen LogP contribution in [0.15, 0.2) is 72.8 Å². The van der Waals surface area contributed by atoms with Crippen LogP contribution in [0.1, 0.15) is 15.9 Å². The fourth-order valence-electron chi connectivity index (χ4n) is 2.97. The molecule has 7 nitrogen and oxygen atoms in total. The van der Waals surface area contributed by atoms with Gasteiger partial charge in [-0.05, 0) is 54.1 Å². The maximum Gasteiger partial charge on any atom is 0.312 e. The number of nitrogens with two attached hydrogens (primary N) is 1. The van der Waals surface area contributed by atoms with E-state index < -0.39 is 6.03 Å². The van der Waals surface area contributed by atoms with E-state index in [1.807, 2.05) is 48.5 Å². The second-order valence-electron chi connectivity index (χ2n) is 6.55. The fourth-order valence-corrected chi connectivity index (χ4v) is 2.97. The van der Waals surface area contributed by atoms with Crippen LogP contribution in [-0.4, -0.2) is 21.9 Å². The van der Waals surface area contributed by atoms with Gasteiger partial charge in [0.05, 0.1) is 11.0 Å². The van der Waals surface area contributed by atoms with Gasteiger partial charge in [-0.25, -0.2) is 9.78 Å². The third-order valence-electron chi connectivity index (χ3n) is 4.49. The number of urea groups is 1. The molecule has 4 rings (SSSR count). The summed E-state index contributed by atoms with van der Waals surface area (Å²) < 4.78 is 0. The molecule has 0 atom stereocenters. The lowest BCUT2D eigenvalue weighted by Crippen LogP contribution is -2.28. The SMILES string of the molecule is NC(=O)NCc1ccc(C(=O)Nc2ccc(-c3nc4ccccc4[nH]3)cc2)cc1. The normalized spacial score (nSPS) is 10.6. The van der Waals surface area contributed by atoms with Crippen LogP contribution in [0.3, 0.4) is 0 Å². The van der Waals surface area contributed by atoms with Crippen molar-refractivity contribution < 1.29 is 9.59 Å². The number of imidazole rings is 1. The molecule has 1 aromatic heterocycles. The number of H-pyrrole nitrogens is 1. The van der Waals surface area contributed by atoms with Crippen molar-refractivity contribution in [3.05, 3.63) is 83.9 Å². The summed E-state index contributed by atoms with van der Waals surface area (Å²) in [4.78, 5) is 31.1. The number of fused-ring (bicyclic) bond motifs is 1. The summed E-state index contributed by atoms with van der Waals surface area (Å²) in [5.74, 6) is 0.570. The van der Waals surface area contributed by atoms with E-state index in [0.717, 1.165) is 28.0 Å². The molecule has 29 heavy (non-hydrogen) atoms. The maximum absolute atomic E-state index is 12.4. The highest BCUT2D eigenvalue weighted by atomic mass is 16.2. The highest BCUT2D eigenvalue weighted by Crippen LogP contribution is 2.22. The van der Waals surface area contributed by atoms with Crippen LogP contribution in [0.4, 0.5) is 10.5 Å². The minimum atomic E-state index is -0.585. The second kappa shape index (κ2) is 7.85. The van der Waals surface area contributed by atoms with E-state index >= 15 is 0 Å². The lowest BCUT2D eigenvalue weighted by molar-refractivity contribution is 0.102. The van der Waals surface area contributed by atoms with E-state index in [0.29, 0.717) is 17.8 Å². The minimum absolute atomic E-state index is 0.212. The van der Waals surface area contributed by atoms with E-state index in [1.165, 1.54) is 0 Å². The van der Waals surface area contributed by atoms with Gasteiger partial charge in [0.25, 0.3) is 5.91 Å². The summed E-state index contributed by atoms with van der Waals surface area (Å²) in [5.41, 5.74) is 9.95. The Kier molecular flexibility index (Phi) is 4.94. The molecule has 3 amide bonds. The topological polar surface area (TPSA) is 113 Å². The average Bonchev–Trinajstić information content (AvgIpc) is 3.17. The number of carbonyl (C=O) groups is 2. The van der Waals surface area contributed by atoms with Crippen molar-refractivity contribution in [1.29, 1.82) is 0 Å². The number of hydrogen-bond acceptors (Lipinski definition) is 3. The molecule has 0 spiro atoms. The van der Waals surface area contributed by atoms with Crippen LogP contribution < -0.4 is 16.4 Å². The van der Waals surface area contributed by atoms with E-state index in [2.05, 4.69) is 20.6 Å². The Labute approximate surface area is 167 Å². The summed E-state index contributed by atoms with van der Waals surface area (Å²) in [5, 5.41) is 5.38. The number of carbonyl (C=O) groups excluding carboxylic acids is 2. The van der Waals surface area contributed by atoms with Crippen LogP contribution in [-0.2, 0) is 6.54 Å². The van der Waals surface area contributed by atoms with Gasteiger partial charge in [-0.1, -0.05) is 24.3 Å². The highest BCUT2D eigenvalue weighted by molar-refractivity contribution is 6.04. The number of nitrogens with zero attached hydrogens (tertiary/aromatic N) is 1. The first-order valence-electron chi connectivity index (χ1n) is 9.07. The van der Waals surface area contributed by atoms with Crippen molar-refractivity contribution in [2.45, 2.75) is 6.54 Å². The predicted octanol–water partition coefficient (Wildman–Crippen LogP) is 3.65. The van der Waals surface area contributed by atoms with E-state index in [-0.39, 0.29) is 5.91 Å². The van der Waals surface area contributed by atoms with Crippen LogP contribution in [0.2, 0.25) is 0 Å².